The van der Waals surface area contributed by atoms with Crippen molar-refractivity contribution in [2.75, 3.05) is 0 Å². The number of carbonyl (C=O) groups is 1. The van der Waals surface area contributed by atoms with Crippen LogP contribution in [-0.2, 0) is 14.8 Å². The van der Waals surface area contributed by atoms with Crippen molar-refractivity contribution in [3.63, 3.8) is 0 Å². The summed E-state index contributed by atoms with van der Waals surface area (Å²) in [5, 5.41) is 9.45. The van der Waals surface area contributed by atoms with E-state index in [9.17, 15) is 18.3 Å². The summed E-state index contributed by atoms with van der Waals surface area (Å²) in [6.45, 7) is 3.42. The van der Waals surface area contributed by atoms with Gasteiger partial charge in [-0.15, -0.1) is 0 Å². The van der Waals surface area contributed by atoms with Crippen molar-refractivity contribution in [2.45, 2.75) is 24.8 Å². The number of carboxylic acids is 1. The fourth-order valence-electron chi connectivity index (χ4n) is 2.32. The predicted molar refractivity (Wildman–Crippen MR) is 99.8 cm³/mol. The Labute approximate surface area is 155 Å². The molecule has 2 rings (SSSR count). The lowest BCUT2D eigenvalue weighted by molar-refractivity contribution is -0.133. The molecule has 0 aromatic heterocycles. The molecule has 132 valence electrons. The van der Waals surface area contributed by atoms with Gasteiger partial charge in [-0.1, -0.05) is 51.8 Å². The summed E-state index contributed by atoms with van der Waals surface area (Å²) in [4.78, 5) is 11.7. The highest BCUT2D eigenvalue weighted by Gasteiger charge is 2.27. The Bertz CT molecular complexity index is 888. The van der Waals surface area contributed by atoms with E-state index in [1.54, 1.807) is 43.3 Å². The first kappa shape index (κ1) is 19.4. The smallest absolute Gasteiger partial charge is 0.333 e. The second kappa shape index (κ2) is 7.95. The van der Waals surface area contributed by atoms with Crippen molar-refractivity contribution in [2.24, 2.45) is 0 Å². The summed E-state index contributed by atoms with van der Waals surface area (Å²) < 4.78 is 28.7. The van der Waals surface area contributed by atoms with Crippen LogP contribution in [0.25, 0.3) is 0 Å². The van der Waals surface area contributed by atoms with E-state index in [1.165, 1.54) is 18.2 Å². The van der Waals surface area contributed by atoms with E-state index in [4.69, 9.17) is 0 Å². The lowest BCUT2D eigenvalue weighted by Gasteiger charge is -2.20. The summed E-state index contributed by atoms with van der Waals surface area (Å²) in [6.07, 6.45) is 1.40. The minimum Gasteiger partial charge on any atom is -0.478 e. The van der Waals surface area contributed by atoms with Gasteiger partial charge in [0.25, 0.3) is 0 Å². The SMILES string of the molecule is CC=C(C(=O)O)C(NS(=O)(=O)c1ccc(C)cc1)c1ccc(Br)cc1. The Morgan fingerprint density at radius 3 is 2.16 bits per heavy atom. The van der Waals surface area contributed by atoms with Crippen molar-refractivity contribution in [3.8, 4) is 0 Å². The van der Waals surface area contributed by atoms with Crippen LogP contribution in [0.15, 0.2) is 69.5 Å². The van der Waals surface area contributed by atoms with Crippen LogP contribution in [0.3, 0.4) is 0 Å². The van der Waals surface area contributed by atoms with Gasteiger partial charge in [0.05, 0.1) is 16.5 Å². The zero-order chi connectivity index (χ0) is 18.6. The number of halogens is 1. The fraction of sp³-hybridized carbons (Fsp3) is 0.167. The van der Waals surface area contributed by atoms with E-state index in [-0.39, 0.29) is 10.5 Å². The number of benzene rings is 2. The van der Waals surface area contributed by atoms with Gasteiger partial charge in [-0.3, -0.25) is 0 Å². The standard InChI is InChI=1S/C18H18BrNO4S/c1-3-16(18(21)22)17(13-6-8-14(19)9-7-13)20-25(23,24)15-10-4-12(2)5-11-15/h3-11,17,20H,1-2H3,(H,21,22). The maximum atomic E-state index is 12.7. The van der Waals surface area contributed by atoms with E-state index >= 15 is 0 Å². The highest BCUT2D eigenvalue weighted by atomic mass is 79.9. The van der Waals surface area contributed by atoms with Crippen LogP contribution in [0.5, 0.6) is 0 Å². The average molecular weight is 424 g/mol. The molecule has 2 aromatic carbocycles. The van der Waals surface area contributed by atoms with E-state index in [0.29, 0.717) is 5.56 Å². The molecule has 0 bridgehead atoms. The molecule has 0 aliphatic rings. The highest BCUT2D eigenvalue weighted by molar-refractivity contribution is 9.10. The first-order valence-corrected chi connectivity index (χ1v) is 9.76. The lowest BCUT2D eigenvalue weighted by atomic mass is 9.99. The Morgan fingerprint density at radius 1 is 1.12 bits per heavy atom. The van der Waals surface area contributed by atoms with Crippen LogP contribution < -0.4 is 4.72 Å². The summed E-state index contributed by atoms with van der Waals surface area (Å²) in [5.74, 6) is -1.18. The zero-order valence-electron chi connectivity index (χ0n) is 13.7. The minimum atomic E-state index is -3.89. The molecule has 0 radical (unpaired) electrons. The number of aliphatic carboxylic acids is 1. The third kappa shape index (κ3) is 4.78. The third-order valence-corrected chi connectivity index (χ3v) is 5.64. The van der Waals surface area contributed by atoms with Crippen LogP contribution >= 0.6 is 15.9 Å². The van der Waals surface area contributed by atoms with Gasteiger partial charge in [0.15, 0.2) is 0 Å². The van der Waals surface area contributed by atoms with Crippen LogP contribution in [0.1, 0.15) is 24.1 Å². The Morgan fingerprint density at radius 2 is 1.68 bits per heavy atom. The Hall–Kier alpha value is -1.96. The minimum absolute atomic E-state index is 0.0435. The maximum Gasteiger partial charge on any atom is 0.333 e. The number of hydrogen-bond donors (Lipinski definition) is 2. The average Bonchev–Trinajstić information content (AvgIpc) is 2.55. The van der Waals surface area contributed by atoms with Gasteiger partial charge >= 0.3 is 5.97 Å². The predicted octanol–water partition coefficient (Wildman–Crippen LogP) is 3.81. The van der Waals surface area contributed by atoms with Gasteiger partial charge in [-0.05, 0) is 43.7 Å². The molecular formula is C18H18BrNO4S. The quantitative estimate of drug-likeness (QED) is 0.691. The molecular weight excluding hydrogens is 406 g/mol. The van der Waals surface area contributed by atoms with Gasteiger partial charge < -0.3 is 5.11 Å². The molecule has 0 fully saturated rings. The molecule has 7 heteroatoms. The van der Waals surface area contributed by atoms with Crippen molar-refractivity contribution in [1.29, 1.82) is 0 Å². The van der Waals surface area contributed by atoms with Crippen LogP contribution in [0.2, 0.25) is 0 Å². The lowest BCUT2D eigenvalue weighted by Crippen LogP contribution is -2.32. The van der Waals surface area contributed by atoms with Crippen LogP contribution in [0, 0.1) is 6.92 Å². The van der Waals surface area contributed by atoms with Gasteiger partial charge in [0.1, 0.15) is 0 Å². The van der Waals surface area contributed by atoms with Crippen LogP contribution in [-0.4, -0.2) is 19.5 Å². The molecule has 2 aromatic rings. The summed E-state index contributed by atoms with van der Waals surface area (Å²) in [6, 6.07) is 12.2. The molecule has 0 spiro atoms. The topological polar surface area (TPSA) is 83.5 Å². The Balaban J connectivity index is 2.47. The molecule has 0 heterocycles. The number of allylic oxidation sites excluding steroid dienone is 1. The summed E-state index contributed by atoms with van der Waals surface area (Å²) >= 11 is 3.31. The van der Waals surface area contributed by atoms with Crippen molar-refractivity contribution >= 4 is 31.9 Å². The second-order valence-electron chi connectivity index (χ2n) is 5.47. The third-order valence-electron chi connectivity index (χ3n) is 3.68. The summed E-state index contributed by atoms with van der Waals surface area (Å²) in [7, 11) is -3.89. The number of aryl methyl sites for hydroxylation is 1. The molecule has 0 amide bonds. The number of hydrogen-bond acceptors (Lipinski definition) is 3. The molecule has 0 saturated carbocycles. The van der Waals surface area contributed by atoms with Crippen LogP contribution in [0.4, 0.5) is 0 Å². The summed E-state index contributed by atoms with van der Waals surface area (Å²) in [5.41, 5.74) is 1.43. The maximum absolute atomic E-state index is 12.7. The first-order chi connectivity index (χ1) is 11.7. The van der Waals surface area contributed by atoms with Crippen molar-refractivity contribution in [1.82, 2.24) is 4.72 Å². The number of nitrogens with one attached hydrogen (secondary N) is 1. The molecule has 5 nitrogen and oxygen atoms in total. The normalized spacial score (nSPS) is 13.5. The molecule has 0 saturated heterocycles. The Kier molecular flexibility index (Phi) is 6.16. The fourth-order valence-corrected chi connectivity index (χ4v) is 3.79. The number of sulfonamides is 1. The molecule has 0 aliphatic carbocycles. The van der Waals surface area contributed by atoms with E-state index < -0.39 is 22.0 Å². The molecule has 0 aliphatic heterocycles. The molecule has 1 atom stereocenters. The van der Waals surface area contributed by atoms with Crippen molar-refractivity contribution in [3.05, 3.63) is 75.8 Å². The molecule has 1 unspecified atom stereocenters. The van der Waals surface area contributed by atoms with E-state index in [2.05, 4.69) is 20.7 Å². The van der Waals surface area contributed by atoms with Gasteiger partial charge in [-0.25, -0.2) is 13.2 Å². The van der Waals surface area contributed by atoms with Gasteiger partial charge in [0, 0.05) is 4.47 Å². The zero-order valence-corrected chi connectivity index (χ0v) is 16.1. The van der Waals surface area contributed by atoms with E-state index in [1.807, 2.05) is 6.92 Å². The van der Waals surface area contributed by atoms with Crippen molar-refractivity contribution < 1.29 is 18.3 Å². The highest BCUT2D eigenvalue weighted by Crippen LogP contribution is 2.26. The number of rotatable bonds is 6. The second-order valence-corrected chi connectivity index (χ2v) is 8.10. The van der Waals surface area contributed by atoms with Gasteiger partial charge in [0.2, 0.25) is 10.0 Å². The number of carboxylic acid groups (broad SMARTS) is 1. The molecule has 25 heavy (non-hydrogen) atoms. The monoisotopic (exact) mass is 423 g/mol. The van der Waals surface area contributed by atoms with Gasteiger partial charge in [-0.2, -0.15) is 4.72 Å². The van der Waals surface area contributed by atoms with E-state index in [0.717, 1.165) is 10.0 Å². The molecule has 2 N–H and O–H groups in total. The first-order valence-electron chi connectivity index (χ1n) is 7.48. The largest absolute Gasteiger partial charge is 0.478 e.